The molecule has 0 aliphatic carbocycles. The Kier molecular flexibility index (Phi) is 2.37. The first kappa shape index (κ1) is 10.4. The summed E-state index contributed by atoms with van der Waals surface area (Å²) in [4.78, 5) is 26.1. The van der Waals surface area contributed by atoms with Crippen LogP contribution in [0.25, 0.3) is 0 Å². The van der Waals surface area contributed by atoms with Crippen LogP contribution >= 0.6 is 0 Å². The molecule has 0 fully saturated rings. The molecule has 2 amide bonds. The molecule has 0 saturated heterocycles. The zero-order valence-electron chi connectivity index (χ0n) is 6.45. The van der Waals surface area contributed by atoms with Crippen LogP contribution in [0.5, 0.6) is 0 Å². The summed E-state index contributed by atoms with van der Waals surface area (Å²) in [6.07, 6.45) is -4.52. The van der Waals surface area contributed by atoms with Crippen LogP contribution < -0.4 is 0 Å². The van der Waals surface area contributed by atoms with Crippen molar-refractivity contribution in [2.45, 2.75) is 6.18 Å². The zero-order chi connectivity index (χ0) is 10.9. The number of amides is 2. The van der Waals surface area contributed by atoms with E-state index in [1.54, 1.807) is 0 Å². The summed E-state index contributed by atoms with van der Waals surface area (Å²) in [5.74, 6) is -3.76. The van der Waals surface area contributed by atoms with E-state index in [0.717, 1.165) is 0 Å². The number of urea groups is 1. The number of aliphatic carboxylic acids is 1. The Labute approximate surface area is 75.0 Å². The summed E-state index contributed by atoms with van der Waals surface area (Å²) < 4.78 is 36.4. The second kappa shape index (κ2) is 3.20. The molecule has 1 atom stereocenters. The molecule has 1 rings (SSSR count). The lowest BCUT2D eigenvalue weighted by atomic mass is 10.0. The van der Waals surface area contributed by atoms with Crippen LogP contribution in [0.2, 0.25) is 0 Å². The number of halogens is 3. The minimum absolute atomic E-state index is 0.417. The van der Waals surface area contributed by atoms with E-state index in [1.165, 1.54) is 0 Å². The first-order chi connectivity index (χ1) is 6.32. The smallest absolute Gasteiger partial charge is 0.430 e. The maximum atomic E-state index is 12.1. The van der Waals surface area contributed by atoms with Crippen molar-refractivity contribution in [3.05, 3.63) is 0 Å². The molecule has 5 nitrogen and oxygen atoms in total. The van der Waals surface area contributed by atoms with Gasteiger partial charge in [-0.25, -0.2) is 9.79 Å². The third-order valence-electron chi connectivity index (χ3n) is 1.40. The van der Waals surface area contributed by atoms with Gasteiger partial charge in [0.25, 0.3) is 0 Å². The summed E-state index contributed by atoms with van der Waals surface area (Å²) in [6, 6.07) is -1.35. The van der Waals surface area contributed by atoms with Crippen molar-refractivity contribution in [3.8, 4) is 0 Å². The number of carbonyl (C=O) groups excluding carboxylic acids is 1. The number of hydrogen-bond donors (Lipinski definition) is 1. The van der Waals surface area contributed by atoms with Crippen molar-refractivity contribution in [2.24, 2.45) is 15.9 Å². The molecule has 76 valence electrons. The van der Waals surface area contributed by atoms with Crippen LogP contribution in [0.3, 0.4) is 0 Å². The largest absolute Gasteiger partial charge is 0.480 e. The molecule has 0 aromatic heterocycles. The topological polar surface area (TPSA) is 79.1 Å². The van der Waals surface area contributed by atoms with Crippen molar-refractivity contribution in [1.82, 2.24) is 0 Å². The second-order valence-corrected chi connectivity index (χ2v) is 2.37. The van der Waals surface area contributed by atoms with Crippen LogP contribution in [0.4, 0.5) is 18.0 Å². The highest BCUT2D eigenvalue weighted by Crippen LogP contribution is 2.24. The Morgan fingerprint density at radius 3 is 2.50 bits per heavy atom. The molecular weight excluding hydrogens is 205 g/mol. The molecule has 0 aromatic rings. The van der Waals surface area contributed by atoms with Gasteiger partial charge in [0.05, 0.1) is 0 Å². The normalized spacial score (nSPS) is 22.1. The number of hydrogen-bond acceptors (Lipinski definition) is 2. The molecule has 0 spiro atoms. The van der Waals surface area contributed by atoms with Gasteiger partial charge in [-0.05, 0) is 0 Å². The summed E-state index contributed by atoms with van der Waals surface area (Å²) in [7, 11) is 0. The predicted molar refractivity (Wildman–Crippen MR) is 38.5 cm³/mol. The van der Waals surface area contributed by atoms with Gasteiger partial charge in [-0.15, -0.1) is 0 Å². The number of alkyl halides is 3. The van der Waals surface area contributed by atoms with Crippen LogP contribution in [-0.2, 0) is 4.79 Å². The van der Waals surface area contributed by atoms with Crippen LogP contribution in [0.15, 0.2) is 9.98 Å². The molecule has 8 heteroatoms. The lowest BCUT2D eigenvalue weighted by molar-refractivity contribution is -0.138. The molecule has 1 heterocycles. The van der Waals surface area contributed by atoms with Crippen molar-refractivity contribution < 1.29 is 27.9 Å². The number of nitrogens with zero attached hydrogens (tertiary/aromatic N) is 2. The summed E-state index contributed by atoms with van der Waals surface area (Å²) in [5.41, 5.74) is -1.65. The lowest BCUT2D eigenvalue weighted by Gasteiger charge is -2.15. The van der Waals surface area contributed by atoms with Gasteiger partial charge in [-0.2, -0.15) is 18.2 Å². The van der Waals surface area contributed by atoms with Crippen molar-refractivity contribution >= 4 is 23.9 Å². The first-order valence-corrected chi connectivity index (χ1v) is 3.29. The molecule has 0 bridgehead atoms. The average molecular weight is 208 g/mol. The highest BCUT2D eigenvalue weighted by molar-refractivity contribution is 6.21. The van der Waals surface area contributed by atoms with Crippen molar-refractivity contribution in [3.63, 3.8) is 0 Å². The molecule has 14 heavy (non-hydrogen) atoms. The quantitative estimate of drug-likeness (QED) is 0.694. The second-order valence-electron chi connectivity index (χ2n) is 2.37. The fraction of sp³-hybridized carbons (Fsp3) is 0.333. The minimum atomic E-state index is -4.94. The average Bonchev–Trinajstić information content (AvgIpc) is 2.01. The Hall–Kier alpha value is -1.73. The highest BCUT2D eigenvalue weighted by Gasteiger charge is 2.45. The maximum Gasteiger partial charge on any atom is 0.430 e. The van der Waals surface area contributed by atoms with Gasteiger partial charge in [0, 0.05) is 6.21 Å². The maximum absolute atomic E-state index is 12.1. The van der Waals surface area contributed by atoms with Crippen LogP contribution in [0, 0.1) is 5.92 Å². The number of rotatable bonds is 1. The van der Waals surface area contributed by atoms with Crippen LogP contribution in [0.1, 0.15) is 0 Å². The monoisotopic (exact) mass is 208 g/mol. The molecule has 1 aliphatic rings. The van der Waals surface area contributed by atoms with Gasteiger partial charge >= 0.3 is 18.2 Å². The van der Waals surface area contributed by atoms with Gasteiger partial charge < -0.3 is 5.11 Å². The summed E-state index contributed by atoms with van der Waals surface area (Å²) in [5, 5.41) is 8.37. The molecule has 0 radical (unpaired) electrons. The molecule has 0 saturated carbocycles. The van der Waals surface area contributed by atoms with Crippen molar-refractivity contribution in [1.29, 1.82) is 0 Å². The Balaban J connectivity index is 3.10. The third kappa shape index (κ3) is 1.95. The van der Waals surface area contributed by atoms with E-state index in [0.29, 0.717) is 6.21 Å². The SMILES string of the molecule is O=C1N=CC(C(=O)O)C(C(F)(F)F)=N1. The van der Waals surface area contributed by atoms with Gasteiger partial charge in [0.15, 0.2) is 0 Å². The zero-order valence-corrected chi connectivity index (χ0v) is 6.45. The van der Waals surface area contributed by atoms with Crippen LogP contribution in [-0.4, -0.2) is 35.2 Å². The minimum Gasteiger partial charge on any atom is -0.480 e. The number of aliphatic imine (C=N–C) groups is 2. The van der Waals surface area contributed by atoms with E-state index in [-0.39, 0.29) is 0 Å². The Bertz CT molecular complexity index is 345. The van der Waals surface area contributed by atoms with E-state index in [1.807, 2.05) is 0 Å². The summed E-state index contributed by atoms with van der Waals surface area (Å²) in [6.45, 7) is 0. The standard InChI is InChI=1S/C6H3F3N2O3/c7-6(8,9)3-2(4(12)13)1-10-5(14)11-3/h1-2H,(H,12,13). The lowest BCUT2D eigenvalue weighted by Crippen LogP contribution is -2.38. The highest BCUT2D eigenvalue weighted by atomic mass is 19.4. The third-order valence-corrected chi connectivity index (χ3v) is 1.40. The van der Waals surface area contributed by atoms with Gasteiger partial charge in [-0.1, -0.05) is 0 Å². The molecule has 1 N–H and O–H groups in total. The number of carboxylic acid groups (broad SMARTS) is 1. The van der Waals surface area contributed by atoms with Crippen molar-refractivity contribution in [2.75, 3.05) is 0 Å². The fourth-order valence-electron chi connectivity index (χ4n) is 0.831. The predicted octanol–water partition coefficient (Wildman–Crippen LogP) is 0.895. The molecule has 1 unspecified atom stereocenters. The first-order valence-electron chi connectivity index (χ1n) is 3.29. The van der Waals surface area contributed by atoms with E-state index >= 15 is 0 Å². The Morgan fingerprint density at radius 1 is 1.50 bits per heavy atom. The number of carboxylic acids is 1. The van der Waals surface area contributed by atoms with E-state index in [9.17, 15) is 22.8 Å². The molecule has 1 aliphatic heterocycles. The number of carbonyl (C=O) groups is 2. The molecular formula is C6H3F3N2O3. The fourth-order valence-corrected chi connectivity index (χ4v) is 0.831. The summed E-state index contributed by atoms with van der Waals surface area (Å²) >= 11 is 0. The van der Waals surface area contributed by atoms with Gasteiger partial charge in [0.1, 0.15) is 11.6 Å². The molecule has 0 aromatic carbocycles. The van der Waals surface area contributed by atoms with E-state index in [4.69, 9.17) is 5.11 Å². The van der Waals surface area contributed by atoms with Gasteiger partial charge in [0.2, 0.25) is 0 Å². The van der Waals surface area contributed by atoms with E-state index < -0.39 is 29.8 Å². The van der Waals surface area contributed by atoms with E-state index in [2.05, 4.69) is 9.98 Å². The van der Waals surface area contributed by atoms with Gasteiger partial charge in [-0.3, -0.25) is 4.79 Å². The Morgan fingerprint density at radius 2 is 2.07 bits per heavy atom.